The van der Waals surface area contributed by atoms with Crippen LogP contribution in [0.4, 0.5) is 5.69 Å². The van der Waals surface area contributed by atoms with Crippen LogP contribution in [0.25, 0.3) is 0 Å². The van der Waals surface area contributed by atoms with Crippen LogP contribution < -0.4 is 19.7 Å². The fraction of sp³-hybridized carbons (Fsp3) is 0.192. The Bertz CT molecular complexity index is 1310. The van der Waals surface area contributed by atoms with E-state index in [-0.39, 0.29) is 30.8 Å². The number of methoxy groups -OCH3 is 2. The van der Waals surface area contributed by atoms with Crippen LogP contribution in [0.2, 0.25) is 0 Å². The summed E-state index contributed by atoms with van der Waals surface area (Å²) in [7, 11) is 3.11. The molecule has 3 aromatic rings. The van der Waals surface area contributed by atoms with Crippen LogP contribution in [0.3, 0.4) is 0 Å². The number of fused-ring (bicyclic) bond motifs is 5. The van der Waals surface area contributed by atoms with Gasteiger partial charge in [0.2, 0.25) is 5.91 Å². The summed E-state index contributed by atoms with van der Waals surface area (Å²) in [6.45, 7) is 0.0605. The fourth-order valence-electron chi connectivity index (χ4n) is 4.54. The van der Waals surface area contributed by atoms with Gasteiger partial charge < -0.3 is 19.7 Å². The summed E-state index contributed by atoms with van der Waals surface area (Å²) in [6, 6.07) is 19.6. The van der Waals surface area contributed by atoms with Crippen LogP contribution in [-0.2, 0) is 11.3 Å². The van der Waals surface area contributed by atoms with Crippen molar-refractivity contribution in [2.45, 2.75) is 12.7 Å². The Balaban J connectivity index is 1.40. The summed E-state index contributed by atoms with van der Waals surface area (Å²) < 4.78 is 10.6. The summed E-state index contributed by atoms with van der Waals surface area (Å²) in [6.07, 6.45) is -0.669. The van der Waals surface area contributed by atoms with Gasteiger partial charge in [-0.2, -0.15) is 0 Å². The molecule has 8 heteroatoms. The van der Waals surface area contributed by atoms with Gasteiger partial charge in [0.1, 0.15) is 12.7 Å². The number of nitrogens with one attached hydrogen (secondary N) is 1. The first-order valence-electron chi connectivity index (χ1n) is 10.8. The van der Waals surface area contributed by atoms with Crippen molar-refractivity contribution >= 4 is 23.4 Å². The number of amides is 3. The lowest BCUT2D eigenvalue weighted by atomic mass is 10.0. The Morgan fingerprint density at radius 1 is 0.882 bits per heavy atom. The van der Waals surface area contributed by atoms with E-state index >= 15 is 0 Å². The van der Waals surface area contributed by atoms with E-state index in [4.69, 9.17) is 9.47 Å². The molecule has 3 aromatic carbocycles. The molecule has 2 aliphatic heterocycles. The molecule has 0 spiro atoms. The molecule has 0 fully saturated rings. The number of anilines is 1. The summed E-state index contributed by atoms with van der Waals surface area (Å²) in [5.41, 5.74) is 3.02. The number of nitrogens with zero attached hydrogens (tertiary/aromatic N) is 2. The van der Waals surface area contributed by atoms with E-state index in [9.17, 15) is 14.4 Å². The van der Waals surface area contributed by atoms with E-state index in [0.717, 1.165) is 5.56 Å². The zero-order valence-electron chi connectivity index (χ0n) is 18.8. The molecule has 8 nitrogen and oxygen atoms in total. The largest absolute Gasteiger partial charge is 0.493 e. The Hall–Kier alpha value is -4.33. The highest BCUT2D eigenvalue weighted by molar-refractivity contribution is 6.17. The monoisotopic (exact) mass is 457 g/mol. The van der Waals surface area contributed by atoms with Crippen molar-refractivity contribution in [3.63, 3.8) is 0 Å². The average molecular weight is 457 g/mol. The van der Waals surface area contributed by atoms with Gasteiger partial charge in [0.25, 0.3) is 11.8 Å². The molecule has 2 heterocycles. The van der Waals surface area contributed by atoms with Crippen LogP contribution in [0.5, 0.6) is 11.5 Å². The number of carbonyl (C=O) groups is 3. The third kappa shape index (κ3) is 3.44. The second kappa shape index (κ2) is 8.55. The van der Waals surface area contributed by atoms with Crippen molar-refractivity contribution in [1.29, 1.82) is 0 Å². The van der Waals surface area contributed by atoms with E-state index in [1.165, 1.54) is 4.90 Å². The summed E-state index contributed by atoms with van der Waals surface area (Å²) in [5.74, 6) is 0.354. The second-order valence-electron chi connectivity index (χ2n) is 8.05. The van der Waals surface area contributed by atoms with Crippen molar-refractivity contribution in [3.05, 3.63) is 89.0 Å². The van der Waals surface area contributed by atoms with Gasteiger partial charge >= 0.3 is 0 Å². The average Bonchev–Trinajstić information content (AvgIpc) is 3.17. The third-order valence-corrected chi connectivity index (χ3v) is 6.13. The van der Waals surface area contributed by atoms with E-state index in [2.05, 4.69) is 5.32 Å². The molecule has 0 aromatic heterocycles. The quantitative estimate of drug-likeness (QED) is 0.615. The van der Waals surface area contributed by atoms with Gasteiger partial charge in [0, 0.05) is 17.7 Å². The maximum absolute atomic E-state index is 13.4. The lowest BCUT2D eigenvalue weighted by molar-refractivity contribution is -0.122. The van der Waals surface area contributed by atoms with Crippen molar-refractivity contribution in [2.24, 2.45) is 0 Å². The predicted octanol–water partition coefficient (Wildman–Crippen LogP) is 3.14. The van der Waals surface area contributed by atoms with Crippen molar-refractivity contribution in [2.75, 3.05) is 25.7 Å². The van der Waals surface area contributed by atoms with Gasteiger partial charge in [-0.1, -0.05) is 36.4 Å². The molecule has 0 aliphatic carbocycles. The highest BCUT2D eigenvalue weighted by Gasteiger charge is 2.47. The SMILES string of the molecule is COc1ccc(CNC(=O)CN2C(=O)c3ccccc3N3C(=O)c4ccccc4C23)cc1OC. The van der Waals surface area contributed by atoms with E-state index < -0.39 is 6.17 Å². The number of hydrogen-bond acceptors (Lipinski definition) is 5. The molecule has 5 rings (SSSR count). The normalized spacial score (nSPS) is 16.0. The lowest BCUT2D eigenvalue weighted by Gasteiger charge is -2.40. The number of carbonyl (C=O) groups excluding carboxylic acids is 3. The first-order valence-corrected chi connectivity index (χ1v) is 10.8. The Kier molecular flexibility index (Phi) is 5.41. The van der Waals surface area contributed by atoms with Gasteiger partial charge in [-0.3, -0.25) is 19.3 Å². The van der Waals surface area contributed by atoms with E-state index in [1.807, 2.05) is 18.2 Å². The smallest absolute Gasteiger partial charge is 0.260 e. The standard InChI is InChI=1S/C26H23N3O5/c1-33-21-12-11-16(13-22(21)34-2)14-27-23(30)15-28-24-17-7-3-4-8-18(17)26(32)29(24)20-10-6-5-9-19(20)25(28)31/h3-13,24H,14-15H2,1-2H3,(H,27,30). The van der Waals surface area contributed by atoms with Gasteiger partial charge in [0.05, 0.1) is 25.5 Å². The number of para-hydroxylation sites is 1. The van der Waals surface area contributed by atoms with Crippen LogP contribution in [-0.4, -0.2) is 43.4 Å². The molecule has 3 amide bonds. The summed E-state index contributed by atoms with van der Waals surface area (Å²) in [4.78, 5) is 42.6. The molecule has 0 radical (unpaired) electrons. The van der Waals surface area contributed by atoms with Crippen molar-refractivity contribution in [1.82, 2.24) is 10.2 Å². The number of rotatable bonds is 6. The molecule has 34 heavy (non-hydrogen) atoms. The second-order valence-corrected chi connectivity index (χ2v) is 8.05. The van der Waals surface area contributed by atoms with Crippen LogP contribution in [0.1, 0.15) is 38.0 Å². The van der Waals surface area contributed by atoms with Gasteiger partial charge in [-0.05, 0) is 35.9 Å². The van der Waals surface area contributed by atoms with E-state index in [1.54, 1.807) is 67.7 Å². The summed E-state index contributed by atoms with van der Waals surface area (Å²) in [5, 5.41) is 2.86. The maximum Gasteiger partial charge on any atom is 0.260 e. The Morgan fingerprint density at radius 3 is 2.35 bits per heavy atom. The Labute approximate surface area is 196 Å². The minimum Gasteiger partial charge on any atom is -0.493 e. The van der Waals surface area contributed by atoms with Crippen LogP contribution >= 0.6 is 0 Å². The minimum absolute atomic E-state index is 0.184. The molecule has 2 aliphatic rings. The highest BCUT2D eigenvalue weighted by Crippen LogP contribution is 2.44. The number of ether oxygens (including phenoxy) is 2. The number of hydrogen-bond donors (Lipinski definition) is 1. The first-order chi connectivity index (χ1) is 16.5. The molecular weight excluding hydrogens is 434 g/mol. The van der Waals surface area contributed by atoms with Gasteiger partial charge in [0.15, 0.2) is 11.5 Å². The highest BCUT2D eigenvalue weighted by atomic mass is 16.5. The van der Waals surface area contributed by atoms with E-state index in [0.29, 0.717) is 33.9 Å². The predicted molar refractivity (Wildman–Crippen MR) is 125 cm³/mol. The fourth-order valence-corrected chi connectivity index (χ4v) is 4.54. The lowest BCUT2D eigenvalue weighted by Crippen LogP contribution is -2.51. The first kappa shape index (κ1) is 21.5. The van der Waals surface area contributed by atoms with Crippen molar-refractivity contribution < 1.29 is 23.9 Å². The molecule has 0 saturated heterocycles. The zero-order valence-corrected chi connectivity index (χ0v) is 18.8. The van der Waals surface area contributed by atoms with Crippen LogP contribution in [0, 0.1) is 0 Å². The zero-order chi connectivity index (χ0) is 23.8. The van der Waals surface area contributed by atoms with Crippen molar-refractivity contribution in [3.8, 4) is 11.5 Å². The molecule has 172 valence electrons. The van der Waals surface area contributed by atoms with Gasteiger partial charge in [-0.15, -0.1) is 0 Å². The molecule has 0 bridgehead atoms. The molecule has 1 N–H and O–H groups in total. The summed E-state index contributed by atoms with van der Waals surface area (Å²) >= 11 is 0. The third-order valence-electron chi connectivity index (χ3n) is 6.13. The molecule has 1 unspecified atom stereocenters. The number of benzene rings is 3. The maximum atomic E-state index is 13.4. The molecule has 0 saturated carbocycles. The Morgan fingerprint density at radius 2 is 1.59 bits per heavy atom. The minimum atomic E-state index is -0.669. The molecule has 1 atom stereocenters. The van der Waals surface area contributed by atoms with Crippen LogP contribution in [0.15, 0.2) is 66.7 Å². The topological polar surface area (TPSA) is 88.2 Å². The molecular formula is C26H23N3O5. The van der Waals surface area contributed by atoms with Gasteiger partial charge in [-0.25, -0.2) is 0 Å².